The third-order valence-corrected chi connectivity index (χ3v) is 4.04. The average Bonchev–Trinajstić information content (AvgIpc) is 2.59. The number of carbonyl (C=O) groups is 1. The summed E-state index contributed by atoms with van der Waals surface area (Å²) < 4.78 is 0.707. The molecule has 2 heterocycles. The molecule has 1 aromatic rings. The van der Waals surface area contributed by atoms with Crippen molar-refractivity contribution in [2.45, 2.75) is 25.8 Å². The highest BCUT2D eigenvalue weighted by atomic mass is 79.9. The summed E-state index contributed by atoms with van der Waals surface area (Å²) in [6, 6.07) is 3.88. The van der Waals surface area contributed by atoms with Crippen LogP contribution >= 0.6 is 15.9 Å². The molecule has 2 rings (SSSR count). The van der Waals surface area contributed by atoms with E-state index in [1.807, 2.05) is 4.90 Å². The van der Waals surface area contributed by atoms with Crippen molar-refractivity contribution in [2.24, 2.45) is 0 Å². The molecule has 1 unspecified atom stereocenters. The van der Waals surface area contributed by atoms with Gasteiger partial charge in [-0.25, -0.2) is 4.98 Å². The fourth-order valence-corrected chi connectivity index (χ4v) is 2.93. The van der Waals surface area contributed by atoms with E-state index in [0.29, 0.717) is 16.2 Å². The van der Waals surface area contributed by atoms with Crippen LogP contribution < -0.4 is 0 Å². The Morgan fingerprint density at radius 3 is 3.00 bits per heavy atom. The highest BCUT2D eigenvalue weighted by Gasteiger charge is 2.26. The van der Waals surface area contributed by atoms with Crippen molar-refractivity contribution in [3.05, 3.63) is 28.5 Å². The van der Waals surface area contributed by atoms with Crippen LogP contribution in [0.25, 0.3) is 0 Å². The predicted molar refractivity (Wildman–Crippen MR) is 79.2 cm³/mol. The maximum Gasteiger partial charge on any atom is 0.254 e. The summed E-state index contributed by atoms with van der Waals surface area (Å²) in [6.07, 6.45) is 3.69. The summed E-state index contributed by atoms with van der Waals surface area (Å²) in [6.45, 7) is 4.99. The maximum absolute atomic E-state index is 12.6. The Morgan fingerprint density at radius 2 is 2.32 bits per heavy atom. The standard InChI is InChI=1S/C14H20BrN3O/c1-3-12-10-17(2)7-4-8-18(12)14(19)11-5-6-16-13(15)9-11/h5-6,9,12H,3-4,7-8,10H2,1-2H3. The van der Waals surface area contributed by atoms with E-state index >= 15 is 0 Å². The van der Waals surface area contributed by atoms with Gasteiger partial charge in [0.25, 0.3) is 5.91 Å². The van der Waals surface area contributed by atoms with E-state index in [0.717, 1.165) is 32.5 Å². The first-order valence-corrected chi connectivity index (χ1v) is 7.52. The molecule has 1 fully saturated rings. The summed E-state index contributed by atoms with van der Waals surface area (Å²) in [5.41, 5.74) is 0.713. The second kappa shape index (κ2) is 6.48. The van der Waals surface area contributed by atoms with Crippen LogP contribution in [-0.2, 0) is 0 Å². The van der Waals surface area contributed by atoms with Crippen molar-refractivity contribution in [3.8, 4) is 0 Å². The fourth-order valence-electron chi connectivity index (χ4n) is 2.56. The van der Waals surface area contributed by atoms with Gasteiger partial charge >= 0.3 is 0 Å². The third-order valence-electron chi connectivity index (χ3n) is 3.61. The lowest BCUT2D eigenvalue weighted by molar-refractivity contribution is 0.0675. The Morgan fingerprint density at radius 1 is 1.53 bits per heavy atom. The highest BCUT2D eigenvalue weighted by molar-refractivity contribution is 9.10. The van der Waals surface area contributed by atoms with Gasteiger partial charge in [0.2, 0.25) is 0 Å². The summed E-state index contributed by atoms with van der Waals surface area (Å²) in [5.74, 6) is 0.116. The molecule has 0 radical (unpaired) electrons. The van der Waals surface area contributed by atoms with Crippen LogP contribution in [0.3, 0.4) is 0 Å². The number of likely N-dealkylation sites (N-methyl/N-ethyl adjacent to an activating group) is 1. The van der Waals surface area contributed by atoms with Crippen molar-refractivity contribution in [1.29, 1.82) is 0 Å². The minimum absolute atomic E-state index is 0.116. The number of nitrogens with zero attached hydrogens (tertiary/aromatic N) is 3. The molecule has 0 spiro atoms. The second-order valence-electron chi connectivity index (χ2n) is 5.04. The molecular formula is C14H20BrN3O. The van der Waals surface area contributed by atoms with Crippen molar-refractivity contribution in [3.63, 3.8) is 0 Å². The molecule has 1 aliphatic heterocycles. The Hall–Kier alpha value is -0.940. The van der Waals surface area contributed by atoms with Gasteiger partial charge in [-0.05, 0) is 54.5 Å². The monoisotopic (exact) mass is 325 g/mol. The van der Waals surface area contributed by atoms with Crippen LogP contribution in [0.15, 0.2) is 22.9 Å². The van der Waals surface area contributed by atoms with Crippen LogP contribution in [0.5, 0.6) is 0 Å². The Bertz CT molecular complexity index is 452. The quantitative estimate of drug-likeness (QED) is 0.783. The van der Waals surface area contributed by atoms with Crippen LogP contribution in [-0.4, -0.2) is 53.4 Å². The summed E-state index contributed by atoms with van der Waals surface area (Å²) in [4.78, 5) is 21.0. The van der Waals surface area contributed by atoms with Crippen molar-refractivity contribution >= 4 is 21.8 Å². The zero-order valence-electron chi connectivity index (χ0n) is 11.5. The van der Waals surface area contributed by atoms with E-state index in [-0.39, 0.29) is 5.91 Å². The molecule has 1 aromatic heterocycles. The molecule has 1 saturated heterocycles. The van der Waals surface area contributed by atoms with Crippen LogP contribution in [0, 0.1) is 0 Å². The van der Waals surface area contributed by atoms with Crippen LogP contribution in [0.1, 0.15) is 30.1 Å². The number of pyridine rings is 1. The van der Waals surface area contributed by atoms with E-state index in [1.54, 1.807) is 18.3 Å². The van der Waals surface area contributed by atoms with Gasteiger partial charge in [0, 0.05) is 30.9 Å². The molecule has 19 heavy (non-hydrogen) atoms. The largest absolute Gasteiger partial charge is 0.334 e. The zero-order chi connectivity index (χ0) is 13.8. The lowest BCUT2D eigenvalue weighted by Gasteiger charge is -2.30. The van der Waals surface area contributed by atoms with Gasteiger partial charge in [0.05, 0.1) is 0 Å². The molecule has 0 aliphatic carbocycles. The molecule has 0 N–H and O–H groups in total. The van der Waals surface area contributed by atoms with E-state index in [9.17, 15) is 4.79 Å². The van der Waals surface area contributed by atoms with Crippen LogP contribution in [0.2, 0.25) is 0 Å². The smallest absolute Gasteiger partial charge is 0.254 e. The molecule has 5 heteroatoms. The van der Waals surface area contributed by atoms with Gasteiger partial charge in [0.15, 0.2) is 0 Å². The van der Waals surface area contributed by atoms with E-state index in [4.69, 9.17) is 0 Å². The van der Waals surface area contributed by atoms with Gasteiger partial charge < -0.3 is 9.80 Å². The number of aromatic nitrogens is 1. The Balaban J connectivity index is 2.20. The molecule has 1 amide bonds. The first-order valence-electron chi connectivity index (χ1n) is 6.73. The molecule has 0 bridgehead atoms. The topological polar surface area (TPSA) is 36.4 Å². The predicted octanol–water partition coefficient (Wildman–Crippen LogP) is 2.40. The number of hydrogen-bond acceptors (Lipinski definition) is 3. The zero-order valence-corrected chi connectivity index (χ0v) is 13.1. The molecule has 104 valence electrons. The number of carbonyl (C=O) groups excluding carboxylic acids is 1. The van der Waals surface area contributed by atoms with Gasteiger partial charge in [-0.3, -0.25) is 4.79 Å². The first-order chi connectivity index (χ1) is 9.11. The molecule has 1 atom stereocenters. The lowest BCUT2D eigenvalue weighted by atomic mass is 10.1. The number of hydrogen-bond donors (Lipinski definition) is 0. The second-order valence-corrected chi connectivity index (χ2v) is 5.86. The third kappa shape index (κ3) is 3.54. The summed E-state index contributed by atoms with van der Waals surface area (Å²) >= 11 is 3.32. The van der Waals surface area contributed by atoms with E-state index in [1.165, 1.54) is 0 Å². The molecule has 0 aromatic carbocycles. The Kier molecular flexibility index (Phi) is 4.93. The molecule has 1 aliphatic rings. The highest BCUT2D eigenvalue weighted by Crippen LogP contribution is 2.17. The summed E-state index contributed by atoms with van der Waals surface area (Å²) in [7, 11) is 2.12. The van der Waals surface area contributed by atoms with Crippen molar-refractivity contribution < 1.29 is 4.79 Å². The lowest BCUT2D eigenvalue weighted by Crippen LogP contribution is -2.43. The number of rotatable bonds is 2. The van der Waals surface area contributed by atoms with Crippen molar-refractivity contribution in [1.82, 2.24) is 14.8 Å². The molecule has 0 saturated carbocycles. The summed E-state index contributed by atoms with van der Waals surface area (Å²) in [5, 5.41) is 0. The maximum atomic E-state index is 12.6. The minimum Gasteiger partial charge on any atom is -0.334 e. The van der Waals surface area contributed by atoms with E-state index in [2.05, 4.69) is 39.8 Å². The van der Waals surface area contributed by atoms with Gasteiger partial charge in [-0.1, -0.05) is 6.92 Å². The first kappa shape index (κ1) is 14.5. The number of amides is 1. The number of halogens is 1. The fraction of sp³-hybridized carbons (Fsp3) is 0.571. The van der Waals surface area contributed by atoms with Gasteiger partial charge in [-0.15, -0.1) is 0 Å². The average molecular weight is 326 g/mol. The normalized spacial score (nSPS) is 21.2. The van der Waals surface area contributed by atoms with E-state index < -0.39 is 0 Å². The van der Waals surface area contributed by atoms with Crippen molar-refractivity contribution in [2.75, 3.05) is 26.7 Å². The van der Waals surface area contributed by atoms with Crippen LogP contribution in [0.4, 0.5) is 0 Å². The Labute approximate surface area is 122 Å². The molecular weight excluding hydrogens is 306 g/mol. The minimum atomic E-state index is 0.116. The van der Waals surface area contributed by atoms with Gasteiger partial charge in [-0.2, -0.15) is 0 Å². The SMILES string of the molecule is CCC1CN(C)CCCN1C(=O)c1ccnc(Br)c1. The molecule has 4 nitrogen and oxygen atoms in total. The van der Waals surface area contributed by atoms with Gasteiger partial charge in [0.1, 0.15) is 4.60 Å².